The van der Waals surface area contributed by atoms with Gasteiger partial charge in [0.1, 0.15) is 5.76 Å². The minimum absolute atomic E-state index is 0.00971. The number of aromatic nitrogens is 1. The lowest BCUT2D eigenvalue weighted by Gasteiger charge is -2.07. The van der Waals surface area contributed by atoms with Crippen molar-refractivity contribution in [2.45, 2.75) is 11.8 Å². The molecule has 1 heterocycles. The van der Waals surface area contributed by atoms with E-state index in [4.69, 9.17) is 4.52 Å². The van der Waals surface area contributed by atoms with Crippen LogP contribution in [0.1, 0.15) is 5.76 Å². The zero-order valence-electron chi connectivity index (χ0n) is 13.0. The molecule has 0 aliphatic heterocycles. The van der Waals surface area contributed by atoms with Crippen molar-refractivity contribution < 1.29 is 17.9 Å². The molecular weight excluding hydrogens is 346 g/mol. The Morgan fingerprint density at radius 2 is 1.80 bits per heavy atom. The lowest BCUT2D eigenvalue weighted by atomic mass is 10.0. The van der Waals surface area contributed by atoms with Crippen molar-refractivity contribution in [3.63, 3.8) is 0 Å². The molecule has 1 aromatic heterocycles. The summed E-state index contributed by atoms with van der Waals surface area (Å²) in [6.07, 6.45) is 0. The van der Waals surface area contributed by atoms with Crippen LogP contribution in [0.4, 0.5) is 11.5 Å². The first-order valence-corrected chi connectivity index (χ1v) is 8.65. The molecular formula is C16H13N3O5S. The van der Waals surface area contributed by atoms with E-state index in [2.05, 4.69) is 9.88 Å². The number of hydrogen-bond acceptors (Lipinski definition) is 6. The summed E-state index contributed by atoms with van der Waals surface area (Å²) in [6, 6.07) is 13.5. The predicted octanol–water partition coefficient (Wildman–Crippen LogP) is 3.36. The van der Waals surface area contributed by atoms with Crippen LogP contribution in [0.5, 0.6) is 0 Å². The van der Waals surface area contributed by atoms with Gasteiger partial charge in [-0.05, 0) is 30.7 Å². The molecule has 8 nitrogen and oxygen atoms in total. The van der Waals surface area contributed by atoms with E-state index in [-0.39, 0.29) is 16.4 Å². The van der Waals surface area contributed by atoms with Gasteiger partial charge in [-0.2, -0.15) is 0 Å². The van der Waals surface area contributed by atoms with Crippen LogP contribution in [-0.4, -0.2) is 18.5 Å². The van der Waals surface area contributed by atoms with Gasteiger partial charge in [0.2, 0.25) is 0 Å². The summed E-state index contributed by atoms with van der Waals surface area (Å²) in [5.74, 6) is 0.560. The molecule has 25 heavy (non-hydrogen) atoms. The first-order valence-electron chi connectivity index (χ1n) is 7.17. The van der Waals surface area contributed by atoms with Crippen molar-refractivity contribution in [2.24, 2.45) is 0 Å². The number of benzene rings is 2. The second kappa shape index (κ2) is 6.36. The van der Waals surface area contributed by atoms with Gasteiger partial charge in [-0.1, -0.05) is 29.4 Å². The Kier molecular flexibility index (Phi) is 4.24. The molecule has 128 valence electrons. The predicted molar refractivity (Wildman–Crippen MR) is 90.6 cm³/mol. The molecule has 0 spiro atoms. The third-order valence-corrected chi connectivity index (χ3v) is 4.81. The number of para-hydroxylation sites is 1. The number of sulfonamides is 1. The maximum atomic E-state index is 12.3. The third kappa shape index (κ3) is 3.50. The minimum Gasteiger partial charge on any atom is -0.360 e. The Morgan fingerprint density at radius 3 is 2.40 bits per heavy atom. The summed E-state index contributed by atoms with van der Waals surface area (Å²) < 4.78 is 31.8. The molecule has 2 aromatic carbocycles. The van der Waals surface area contributed by atoms with E-state index in [9.17, 15) is 18.5 Å². The van der Waals surface area contributed by atoms with Gasteiger partial charge < -0.3 is 4.52 Å². The summed E-state index contributed by atoms with van der Waals surface area (Å²) in [5, 5.41) is 14.7. The molecule has 0 aliphatic rings. The first kappa shape index (κ1) is 16.7. The van der Waals surface area contributed by atoms with E-state index in [0.29, 0.717) is 16.9 Å². The van der Waals surface area contributed by atoms with Crippen LogP contribution in [-0.2, 0) is 10.0 Å². The number of nitro benzene ring substituents is 1. The molecule has 3 aromatic rings. The van der Waals surface area contributed by atoms with Crippen LogP contribution in [0.15, 0.2) is 64.0 Å². The molecule has 1 N–H and O–H groups in total. The number of rotatable bonds is 5. The molecule has 0 amide bonds. The van der Waals surface area contributed by atoms with E-state index in [1.165, 1.54) is 36.4 Å². The number of nitrogens with zero attached hydrogens (tertiary/aromatic N) is 2. The van der Waals surface area contributed by atoms with Gasteiger partial charge in [0, 0.05) is 12.1 Å². The first-order chi connectivity index (χ1) is 11.9. The average molecular weight is 359 g/mol. The molecule has 0 unspecified atom stereocenters. The van der Waals surface area contributed by atoms with Gasteiger partial charge in [0.25, 0.3) is 15.7 Å². The molecule has 0 bridgehead atoms. The molecule has 9 heteroatoms. The van der Waals surface area contributed by atoms with Gasteiger partial charge in [0.15, 0.2) is 5.82 Å². The Bertz CT molecular complexity index is 1030. The largest absolute Gasteiger partial charge is 0.360 e. The highest BCUT2D eigenvalue weighted by atomic mass is 32.2. The fourth-order valence-electron chi connectivity index (χ4n) is 2.30. The van der Waals surface area contributed by atoms with Crippen LogP contribution < -0.4 is 4.72 Å². The third-order valence-electron chi connectivity index (χ3n) is 3.44. The standard InChI is InChI=1S/C16H13N3O5S/c1-11-10-16(17-24-11)18-25(22,23)13-8-6-12(7-9-13)14-4-2-3-5-15(14)19(20)21/h2-10H,1H3,(H,17,18). The van der Waals surface area contributed by atoms with Crippen LogP contribution in [0.25, 0.3) is 11.1 Å². The summed E-state index contributed by atoms with van der Waals surface area (Å²) in [4.78, 5) is 10.6. The number of aryl methyl sites for hydroxylation is 1. The number of hydrogen-bond donors (Lipinski definition) is 1. The molecule has 0 fully saturated rings. The lowest BCUT2D eigenvalue weighted by Crippen LogP contribution is -2.13. The fourth-order valence-corrected chi connectivity index (χ4v) is 3.29. The van der Waals surface area contributed by atoms with Crippen LogP contribution >= 0.6 is 0 Å². The smallest absolute Gasteiger partial charge is 0.277 e. The summed E-state index contributed by atoms with van der Waals surface area (Å²) in [6.45, 7) is 1.65. The Morgan fingerprint density at radius 1 is 1.12 bits per heavy atom. The van der Waals surface area contributed by atoms with Crippen molar-refractivity contribution in [3.8, 4) is 11.1 Å². The normalized spacial score (nSPS) is 11.2. The highest BCUT2D eigenvalue weighted by molar-refractivity contribution is 7.92. The van der Waals surface area contributed by atoms with Gasteiger partial charge >= 0.3 is 0 Å². The Labute approximate surface area is 143 Å². The Hall–Kier alpha value is -3.20. The highest BCUT2D eigenvalue weighted by Crippen LogP contribution is 2.30. The molecule has 0 saturated heterocycles. The second-order valence-electron chi connectivity index (χ2n) is 5.23. The zero-order chi connectivity index (χ0) is 18.0. The summed E-state index contributed by atoms with van der Waals surface area (Å²) in [5.41, 5.74) is 0.911. The second-order valence-corrected chi connectivity index (χ2v) is 6.91. The van der Waals surface area contributed by atoms with Crippen molar-refractivity contribution in [3.05, 3.63) is 70.5 Å². The quantitative estimate of drug-likeness (QED) is 0.552. The SMILES string of the molecule is Cc1cc(NS(=O)(=O)c2ccc(-c3ccccc3[N+](=O)[O-])cc2)no1. The molecule has 0 aliphatic carbocycles. The minimum atomic E-state index is -3.83. The van der Waals surface area contributed by atoms with E-state index in [1.807, 2.05) is 0 Å². The lowest BCUT2D eigenvalue weighted by molar-refractivity contribution is -0.384. The van der Waals surface area contributed by atoms with E-state index < -0.39 is 14.9 Å². The van der Waals surface area contributed by atoms with Crippen molar-refractivity contribution >= 4 is 21.5 Å². The Balaban J connectivity index is 1.91. The van der Waals surface area contributed by atoms with Gasteiger partial charge in [-0.3, -0.25) is 14.8 Å². The monoisotopic (exact) mass is 359 g/mol. The van der Waals surface area contributed by atoms with E-state index in [1.54, 1.807) is 25.1 Å². The van der Waals surface area contributed by atoms with Crippen LogP contribution in [0, 0.1) is 17.0 Å². The van der Waals surface area contributed by atoms with Crippen LogP contribution in [0.3, 0.4) is 0 Å². The average Bonchev–Trinajstić information content (AvgIpc) is 2.99. The maximum absolute atomic E-state index is 12.3. The fraction of sp³-hybridized carbons (Fsp3) is 0.0625. The van der Waals surface area contributed by atoms with Crippen LogP contribution in [0.2, 0.25) is 0 Å². The number of nitro groups is 1. The van der Waals surface area contributed by atoms with Crippen molar-refractivity contribution in [1.29, 1.82) is 0 Å². The zero-order valence-corrected chi connectivity index (χ0v) is 13.9. The van der Waals surface area contributed by atoms with Crippen molar-refractivity contribution in [1.82, 2.24) is 5.16 Å². The van der Waals surface area contributed by atoms with E-state index in [0.717, 1.165) is 0 Å². The van der Waals surface area contributed by atoms with Gasteiger partial charge in [-0.15, -0.1) is 0 Å². The molecule has 3 rings (SSSR count). The summed E-state index contributed by atoms with van der Waals surface area (Å²) >= 11 is 0. The van der Waals surface area contributed by atoms with Gasteiger partial charge in [0.05, 0.1) is 15.4 Å². The topological polar surface area (TPSA) is 115 Å². The van der Waals surface area contributed by atoms with E-state index >= 15 is 0 Å². The van der Waals surface area contributed by atoms with Crippen molar-refractivity contribution in [2.75, 3.05) is 4.72 Å². The highest BCUT2D eigenvalue weighted by Gasteiger charge is 2.18. The maximum Gasteiger partial charge on any atom is 0.277 e. The summed E-state index contributed by atoms with van der Waals surface area (Å²) in [7, 11) is -3.83. The number of anilines is 1. The molecule has 0 atom stereocenters. The number of nitrogens with one attached hydrogen (secondary N) is 1. The molecule has 0 radical (unpaired) electrons. The van der Waals surface area contributed by atoms with Gasteiger partial charge in [-0.25, -0.2) is 8.42 Å². The molecule has 0 saturated carbocycles.